The van der Waals surface area contributed by atoms with Gasteiger partial charge in [-0.2, -0.15) is 4.31 Å². The number of carbonyl (C=O) groups excluding carboxylic acids is 1. The van der Waals surface area contributed by atoms with Gasteiger partial charge in [-0.25, -0.2) is 12.8 Å². The van der Waals surface area contributed by atoms with Gasteiger partial charge in [0.15, 0.2) is 0 Å². The molecule has 1 N–H and O–H groups in total. The molecule has 0 saturated carbocycles. The summed E-state index contributed by atoms with van der Waals surface area (Å²) in [7, 11) is -3.74. The average molecular weight is 419 g/mol. The second kappa shape index (κ2) is 9.50. The second-order valence-corrected chi connectivity index (χ2v) is 9.36. The Morgan fingerprint density at radius 3 is 2.52 bits per heavy atom. The third-order valence-corrected chi connectivity index (χ3v) is 7.37. The summed E-state index contributed by atoms with van der Waals surface area (Å²) in [5.74, 6) is -0.753. The largest absolute Gasteiger partial charge is 0.355 e. The molecule has 1 fully saturated rings. The first-order valence-electron chi connectivity index (χ1n) is 10.00. The first-order valence-corrected chi connectivity index (χ1v) is 11.4. The van der Waals surface area contributed by atoms with E-state index in [1.807, 2.05) is 18.2 Å². The number of sulfonamides is 1. The van der Waals surface area contributed by atoms with Crippen LogP contribution in [0.3, 0.4) is 0 Å². The standard InChI is InChI=1S/C22H27FN2O3S/c1-2-17(18-7-4-3-5-8-18)15-24-22(26)19-9-6-14-25(16-19)29(27,28)21-12-10-20(23)11-13-21/h3-5,7-8,10-13,17,19H,2,6,9,14-16H2,1H3,(H,24,26)/t17-,19+/m1/s1. The van der Waals surface area contributed by atoms with Crippen LogP contribution >= 0.6 is 0 Å². The molecule has 0 unspecified atom stereocenters. The van der Waals surface area contributed by atoms with Crippen LogP contribution in [0.15, 0.2) is 59.5 Å². The van der Waals surface area contributed by atoms with Crippen molar-refractivity contribution in [1.82, 2.24) is 9.62 Å². The van der Waals surface area contributed by atoms with Crippen molar-refractivity contribution in [2.75, 3.05) is 19.6 Å². The van der Waals surface area contributed by atoms with Crippen LogP contribution < -0.4 is 5.32 Å². The molecule has 0 aliphatic carbocycles. The highest BCUT2D eigenvalue weighted by Crippen LogP contribution is 2.25. The number of benzene rings is 2. The van der Waals surface area contributed by atoms with Gasteiger partial charge in [-0.05, 0) is 49.1 Å². The second-order valence-electron chi connectivity index (χ2n) is 7.42. The van der Waals surface area contributed by atoms with Gasteiger partial charge in [0.25, 0.3) is 0 Å². The van der Waals surface area contributed by atoms with Crippen molar-refractivity contribution < 1.29 is 17.6 Å². The molecule has 2 aromatic carbocycles. The number of carbonyl (C=O) groups is 1. The first kappa shape index (κ1) is 21.5. The van der Waals surface area contributed by atoms with Crippen LogP contribution in [0.2, 0.25) is 0 Å². The van der Waals surface area contributed by atoms with Crippen molar-refractivity contribution in [2.24, 2.45) is 5.92 Å². The van der Waals surface area contributed by atoms with E-state index in [9.17, 15) is 17.6 Å². The molecule has 3 rings (SSSR count). The molecule has 2 atom stereocenters. The summed E-state index contributed by atoms with van der Waals surface area (Å²) in [5.41, 5.74) is 1.18. The predicted octanol–water partition coefficient (Wildman–Crippen LogP) is 3.54. The molecule has 1 saturated heterocycles. The number of hydrogen-bond acceptors (Lipinski definition) is 3. The maximum absolute atomic E-state index is 13.1. The van der Waals surface area contributed by atoms with Gasteiger partial charge in [-0.1, -0.05) is 37.3 Å². The zero-order chi connectivity index (χ0) is 20.9. The van der Waals surface area contributed by atoms with Crippen molar-refractivity contribution in [3.63, 3.8) is 0 Å². The van der Waals surface area contributed by atoms with Crippen molar-refractivity contribution in [1.29, 1.82) is 0 Å². The van der Waals surface area contributed by atoms with E-state index in [1.165, 1.54) is 22.0 Å². The highest BCUT2D eigenvalue weighted by atomic mass is 32.2. The van der Waals surface area contributed by atoms with E-state index in [-0.39, 0.29) is 29.2 Å². The van der Waals surface area contributed by atoms with Gasteiger partial charge < -0.3 is 5.32 Å². The number of nitrogens with one attached hydrogen (secondary N) is 1. The molecule has 0 bridgehead atoms. The maximum atomic E-state index is 13.1. The number of hydrogen-bond donors (Lipinski definition) is 1. The van der Waals surface area contributed by atoms with Gasteiger partial charge in [-0.15, -0.1) is 0 Å². The van der Waals surface area contributed by atoms with E-state index in [2.05, 4.69) is 24.4 Å². The minimum Gasteiger partial charge on any atom is -0.355 e. The van der Waals surface area contributed by atoms with Crippen molar-refractivity contribution >= 4 is 15.9 Å². The van der Waals surface area contributed by atoms with Crippen molar-refractivity contribution in [2.45, 2.75) is 37.0 Å². The van der Waals surface area contributed by atoms with Gasteiger partial charge in [0.2, 0.25) is 15.9 Å². The Bertz CT molecular complexity index is 917. The molecule has 1 heterocycles. The summed E-state index contributed by atoms with van der Waals surface area (Å²) in [6.07, 6.45) is 2.18. The topological polar surface area (TPSA) is 66.5 Å². The number of piperidine rings is 1. The van der Waals surface area contributed by atoms with E-state index in [4.69, 9.17) is 0 Å². The summed E-state index contributed by atoms with van der Waals surface area (Å²) < 4.78 is 40.1. The summed E-state index contributed by atoms with van der Waals surface area (Å²) in [4.78, 5) is 12.8. The Kier molecular flexibility index (Phi) is 7.03. The quantitative estimate of drug-likeness (QED) is 0.748. The molecule has 2 aromatic rings. The first-order chi connectivity index (χ1) is 13.9. The zero-order valence-corrected chi connectivity index (χ0v) is 17.4. The van der Waals surface area contributed by atoms with Crippen LogP contribution in [0.25, 0.3) is 0 Å². The lowest BCUT2D eigenvalue weighted by Gasteiger charge is -2.31. The van der Waals surface area contributed by atoms with Crippen LogP contribution in [0.4, 0.5) is 4.39 Å². The Hall–Kier alpha value is -2.25. The molecular formula is C22H27FN2O3S. The fourth-order valence-corrected chi connectivity index (χ4v) is 5.25. The number of nitrogens with zero attached hydrogens (tertiary/aromatic N) is 1. The highest BCUT2D eigenvalue weighted by molar-refractivity contribution is 7.89. The van der Waals surface area contributed by atoms with E-state index in [1.54, 1.807) is 0 Å². The third kappa shape index (κ3) is 5.22. The van der Waals surface area contributed by atoms with Crippen molar-refractivity contribution in [3.05, 3.63) is 66.0 Å². The van der Waals surface area contributed by atoms with Gasteiger partial charge in [0, 0.05) is 25.6 Å². The number of rotatable bonds is 7. The Morgan fingerprint density at radius 2 is 1.86 bits per heavy atom. The molecule has 0 spiro atoms. The van der Waals surface area contributed by atoms with E-state index < -0.39 is 15.8 Å². The summed E-state index contributed by atoms with van der Waals surface area (Å²) in [6, 6.07) is 14.8. The SMILES string of the molecule is CC[C@H](CNC(=O)[C@H]1CCCN(S(=O)(=O)c2ccc(F)cc2)C1)c1ccccc1. The molecule has 29 heavy (non-hydrogen) atoms. The minimum atomic E-state index is -3.74. The van der Waals surface area contributed by atoms with E-state index >= 15 is 0 Å². The van der Waals surface area contributed by atoms with Gasteiger partial charge in [-0.3, -0.25) is 4.79 Å². The fraction of sp³-hybridized carbons (Fsp3) is 0.409. The number of amides is 1. The lowest BCUT2D eigenvalue weighted by Crippen LogP contribution is -2.46. The predicted molar refractivity (Wildman–Crippen MR) is 110 cm³/mol. The minimum absolute atomic E-state index is 0.0510. The molecule has 5 nitrogen and oxygen atoms in total. The Balaban J connectivity index is 1.62. The average Bonchev–Trinajstić information content (AvgIpc) is 2.75. The summed E-state index contributed by atoms with van der Waals surface area (Å²) in [6.45, 7) is 3.13. The fourth-order valence-electron chi connectivity index (χ4n) is 3.72. The molecule has 156 valence electrons. The van der Waals surface area contributed by atoms with Crippen molar-refractivity contribution in [3.8, 4) is 0 Å². The summed E-state index contributed by atoms with van der Waals surface area (Å²) in [5, 5.41) is 3.01. The molecule has 0 radical (unpaired) electrons. The van der Waals surface area contributed by atoms with E-state index in [0.29, 0.717) is 25.9 Å². The molecular weight excluding hydrogens is 391 g/mol. The molecule has 1 amide bonds. The molecule has 1 aliphatic rings. The van der Waals surface area contributed by atoms with Crippen LogP contribution in [0.1, 0.15) is 37.7 Å². The van der Waals surface area contributed by atoms with Gasteiger partial charge in [0.1, 0.15) is 5.82 Å². The Morgan fingerprint density at radius 1 is 1.17 bits per heavy atom. The molecule has 1 aliphatic heterocycles. The Labute approximate surface area is 172 Å². The van der Waals surface area contributed by atoms with Crippen LogP contribution in [0, 0.1) is 11.7 Å². The van der Waals surface area contributed by atoms with Gasteiger partial charge >= 0.3 is 0 Å². The third-order valence-electron chi connectivity index (χ3n) is 5.49. The lowest BCUT2D eigenvalue weighted by atomic mass is 9.95. The summed E-state index contributed by atoms with van der Waals surface area (Å²) >= 11 is 0. The number of halogens is 1. The molecule has 7 heteroatoms. The highest BCUT2D eigenvalue weighted by Gasteiger charge is 2.33. The normalized spacial score (nSPS) is 18.9. The monoisotopic (exact) mass is 418 g/mol. The van der Waals surface area contributed by atoms with Crippen LogP contribution in [-0.4, -0.2) is 38.3 Å². The smallest absolute Gasteiger partial charge is 0.243 e. The zero-order valence-electron chi connectivity index (χ0n) is 16.6. The van der Waals surface area contributed by atoms with Crippen LogP contribution in [-0.2, 0) is 14.8 Å². The van der Waals surface area contributed by atoms with Gasteiger partial charge in [0.05, 0.1) is 10.8 Å². The maximum Gasteiger partial charge on any atom is 0.243 e. The molecule has 0 aromatic heterocycles. The lowest BCUT2D eigenvalue weighted by molar-refractivity contribution is -0.126. The van der Waals surface area contributed by atoms with E-state index in [0.717, 1.165) is 18.6 Å². The van der Waals surface area contributed by atoms with Crippen LogP contribution in [0.5, 0.6) is 0 Å².